The number of nitrogens with one attached hydrogen (secondary N) is 1. The number of phenolic OH excluding ortho intramolecular Hbond substituents is 1. The van der Waals surface area contributed by atoms with E-state index >= 15 is 0 Å². The smallest absolute Gasteiger partial charge is 0.387 e. The Balaban J connectivity index is 2.07. The number of methoxy groups -OCH3 is 1. The average molecular weight is 287 g/mol. The van der Waals surface area contributed by atoms with E-state index in [9.17, 15) is 18.7 Å². The number of halogens is 2. The molecule has 0 bridgehead atoms. The fourth-order valence-corrected chi connectivity index (χ4v) is 2.30. The lowest BCUT2D eigenvalue weighted by Gasteiger charge is -2.12. The molecule has 2 rings (SSSR count). The molecule has 0 radical (unpaired) electrons. The van der Waals surface area contributed by atoms with Gasteiger partial charge in [-0.15, -0.1) is 0 Å². The number of hydrogen-bond acceptors (Lipinski definition) is 5. The van der Waals surface area contributed by atoms with Gasteiger partial charge in [0.2, 0.25) is 0 Å². The van der Waals surface area contributed by atoms with E-state index in [1.54, 1.807) is 6.07 Å². The summed E-state index contributed by atoms with van der Waals surface area (Å²) < 4.78 is 33.0. The predicted molar refractivity (Wildman–Crippen MR) is 65.9 cm³/mol. The summed E-state index contributed by atoms with van der Waals surface area (Å²) in [4.78, 5) is 11.4. The third kappa shape index (κ3) is 3.16. The number of aromatic hydroxyl groups is 1. The topological polar surface area (TPSA) is 67.8 Å². The minimum atomic E-state index is -2.98. The quantitative estimate of drug-likeness (QED) is 0.824. The van der Waals surface area contributed by atoms with Crippen LogP contribution >= 0.6 is 0 Å². The Hall–Kier alpha value is -1.89. The lowest BCUT2D eigenvalue weighted by Crippen LogP contribution is -2.31. The predicted octanol–water partition coefficient (Wildman–Crippen LogP) is 1.61. The van der Waals surface area contributed by atoms with Gasteiger partial charge in [-0.2, -0.15) is 8.78 Å². The number of carbonyl (C=O) groups excluding carboxylic acids is 1. The summed E-state index contributed by atoms with van der Waals surface area (Å²) in [6, 6.07) is 3.89. The molecule has 1 aliphatic heterocycles. The Labute approximate surface area is 114 Å². The second-order valence-electron chi connectivity index (χ2n) is 4.52. The standard InChI is InChI=1S/C13H15F2NO4/c1-19-12(18)9-4-8(6-16-9)7-2-3-11(10(17)5-7)20-13(14)15/h2-3,5,8-9,13,16-17H,4,6H2,1H3. The number of benzene rings is 1. The maximum absolute atomic E-state index is 12.1. The van der Waals surface area contributed by atoms with E-state index in [1.165, 1.54) is 19.2 Å². The maximum atomic E-state index is 12.1. The van der Waals surface area contributed by atoms with E-state index in [0.717, 1.165) is 5.56 Å². The molecule has 20 heavy (non-hydrogen) atoms. The van der Waals surface area contributed by atoms with Crippen molar-refractivity contribution >= 4 is 5.97 Å². The molecule has 2 N–H and O–H groups in total. The van der Waals surface area contributed by atoms with Crippen LogP contribution in [0.1, 0.15) is 17.9 Å². The number of carbonyl (C=O) groups is 1. The summed E-state index contributed by atoms with van der Waals surface area (Å²) in [6.45, 7) is -2.43. The highest BCUT2D eigenvalue weighted by atomic mass is 19.3. The summed E-state index contributed by atoms with van der Waals surface area (Å²) >= 11 is 0. The first-order valence-electron chi connectivity index (χ1n) is 6.10. The molecule has 1 aromatic carbocycles. The van der Waals surface area contributed by atoms with Crippen LogP contribution in [-0.2, 0) is 9.53 Å². The van der Waals surface area contributed by atoms with Gasteiger partial charge in [0.25, 0.3) is 0 Å². The Morgan fingerprint density at radius 1 is 1.50 bits per heavy atom. The minimum Gasteiger partial charge on any atom is -0.504 e. The van der Waals surface area contributed by atoms with E-state index < -0.39 is 6.61 Å². The molecule has 1 aliphatic rings. The Morgan fingerprint density at radius 3 is 2.85 bits per heavy atom. The molecule has 0 saturated carbocycles. The van der Waals surface area contributed by atoms with Gasteiger partial charge in [-0.3, -0.25) is 4.79 Å². The zero-order chi connectivity index (χ0) is 14.7. The molecular formula is C13H15F2NO4. The number of phenols is 1. The van der Waals surface area contributed by atoms with Gasteiger partial charge in [-0.25, -0.2) is 0 Å². The summed E-state index contributed by atoms with van der Waals surface area (Å²) in [7, 11) is 1.32. The lowest BCUT2D eigenvalue weighted by atomic mass is 9.96. The molecule has 1 heterocycles. The SMILES string of the molecule is COC(=O)C1CC(c2ccc(OC(F)F)c(O)c2)CN1. The van der Waals surface area contributed by atoms with Crippen molar-refractivity contribution in [3.63, 3.8) is 0 Å². The van der Waals surface area contributed by atoms with Crippen molar-refractivity contribution in [2.24, 2.45) is 0 Å². The Bertz CT molecular complexity index is 495. The molecule has 7 heteroatoms. The van der Waals surface area contributed by atoms with Crippen molar-refractivity contribution in [2.75, 3.05) is 13.7 Å². The molecule has 0 spiro atoms. The highest BCUT2D eigenvalue weighted by molar-refractivity contribution is 5.76. The van der Waals surface area contributed by atoms with Crippen LogP contribution in [0.15, 0.2) is 18.2 Å². The second-order valence-corrected chi connectivity index (χ2v) is 4.52. The molecule has 1 fully saturated rings. The van der Waals surface area contributed by atoms with Gasteiger partial charge in [0, 0.05) is 6.54 Å². The van der Waals surface area contributed by atoms with Crippen molar-refractivity contribution in [3.8, 4) is 11.5 Å². The van der Waals surface area contributed by atoms with Crippen LogP contribution in [0.2, 0.25) is 0 Å². The number of alkyl halides is 2. The third-order valence-electron chi connectivity index (χ3n) is 3.29. The maximum Gasteiger partial charge on any atom is 0.387 e. The zero-order valence-corrected chi connectivity index (χ0v) is 10.8. The van der Waals surface area contributed by atoms with Gasteiger partial charge in [-0.1, -0.05) is 6.07 Å². The van der Waals surface area contributed by atoms with Crippen molar-refractivity contribution in [3.05, 3.63) is 23.8 Å². The van der Waals surface area contributed by atoms with Gasteiger partial charge in [0.15, 0.2) is 11.5 Å². The zero-order valence-electron chi connectivity index (χ0n) is 10.8. The summed E-state index contributed by atoms with van der Waals surface area (Å²) in [5, 5.41) is 12.7. The minimum absolute atomic E-state index is 0.00519. The Kier molecular flexibility index (Phi) is 4.39. The van der Waals surface area contributed by atoms with Crippen LogP contribution in [0.3, 0.4) is 0 Å². The molecule has 0 amide bonds. The first kappa shape index (κ1) is 14.5. The highest BCUT2D eigenvalue weighted by Crippen LogP contribution is 2.34. The highest BCUT2D eigenvalue weighted by Gasteiger charge is 2.31. The molecular weight excluding hydrogens is 272 g/mol. The fourth-order valence-electron chi connectivity index (χ4n) is 2.30. The molecule has 2 atom stereocenters. The van der Waals surface area contributed by atoms with Crippen LogP contribution in [0, 0.1) is 0 Å². The molecule has 1 aromatic rings. The average Bonchev–Trinajstić information content (AvgIpc) is 2.89. The molecule has 0 aliphatic carbocycles. The summed E-state index contributed by atoms with van der Waals surface area (Å²) in [5.74, 6) is -0.941. The summed E-state index contributed by atoms with van der Waals surface area (Å²) in [6.07, 6.45) is 0.529. The molecule has 110 valence electrons. The third-order valence-corrected chi connectivity index (χ3v) is 3.29. The van der Waals surface area contributed by atoms with E-state index in [1.807, 2.05) is 0 Å². The lowest BCUT2D eigenvalue weighted by molar-refractivity contribution is -0.142. The van der Waals surface area contributed by atoms with Gasteiger partial charge in [0.05, 0.1) is 7.11 Å². The van der Waals surface area contributed by atoms with Crippen LogP contribution in [0.25, 0.3) is 0 Å². The van der Waals surface area contributed by atoms with E-state index in [-0.39, 0.29) is 29.4 Å². The second kappa shape index (κ2) is 6.04. The molecule has 5 nitrogen and oxygen atoms in total. The van der Waals surface area contributed by atoms with Crippen molar-refractivity contribution in [1.82, 2.24) is 5.32 Å². The van der Waals surface area contributed by atoms with Crippen molar-refractivity contribution < 1.29 is 28.2 Å². The largest absolute Gasteiger partial charge is 0.504 e. The molecule has 2 unspecified atom stereocenters. The van der Waals surface area contributed by atoms with Crippen LogP contribution in [0.5, 0.6) is 11.5 Å². The first-order chi connectivity index (χ1) is 9.51. The van der Waals surface area contributed by atoms with E-state index in [2.05, 4.69) is 14.8 Å². The van der Waals surface area contributed by atoms with Gasteiger partial charge in [0.1, 0.15) is 6.04 Å². The number of hydrogen-bond donors (Lipinski definition) is 2. The first-order valence-corrected chi connectivity index (χ1v) is 6.10. The normalized spacial score (nSPS) is 22.0. The van der Waals surface area contributed by atoms with Crippen LogP contribution in [0.4, 0.5) is 8.78 Å². The van der Waals surface area contributed by atoms with E-state index in [4.69, 9.17) is 0 Å². The number of rotatable bonds is 4. The van der Waals surface area contributed by atoms with Gasteiger partial charge in [-0.05, 0) is 30.0 Å². The van der Waals surface area contributed by atoms with E-state index in [0.29, 0.717) is 13.0 Å². The van der Waals surface area contributed by atoms with Crippen LogP contribution < -0.4 is 10.1 Å². The number of esters is 1. The summed E-state index contributed by atoms with van der Waals surface area (Å²) in [5.41, 5.74) is 0.753. The van der Waals surface area contributed by atoms with Gasteiger partial charge < -0.3 is 19.9 Å². The molecule has 0 aromatic heterocycles. The molecule has 1 saturated heterocycles. The monoisotopic (exact) mass is 287 g/mol. The Morgan fingerprint density at radius 2 is 2.25 bits per heavy atom. The number of ether oxygens (including phenoxy) is 2. The van der Waals surface area contributed by atoms with Crippen molar-refractivity contribution in [2.45, 2.75) is 25.0 Å². The van der Waals surface area contributed by atoms with Crippen LogP contribution in [-0.4, -0.2) is 37.4 Å². The van der Waals surface area contributed by atoms with Gasteiger partial charge >= 0.3 is 12.6 Å². The van der Waals surface area contributed by atoms with Crippen molar-refractivity contribution in [1.29, 1.82) is 0 Å². The fraction of sp³-hybridized carbons (Fsp3) is 0.462.